The van der Waals surface area contributed by atoms with E-state index in [2.05, 4.69) is 60.7 Å². The van der Waals surface area contributed by atoms with E-state index in [1.165, 1.54) is 22.3 Å². The van der Waals surface area contributed by atoms with Crippen molar-refractivity contribution in [1.82, 2.24) is 0 Å². The molecule has 5 rings (SSSR count). The van der Waals surface area contributed by atoms with Crippen molar-refractivity contribution in [3.8, 4) is 22.6 Å². The Balaban J connectivity index is 1.92. The molecule has 31 heavy (non-hydrogen) atoms. The summed E-state index contributed by atoms with van der Waals surface area (Å²) in [5.41, 5.74) is 20.3. The highest BCUT2D eigenvalue weighted by molar-refractivity contribution is 5.87. The lowest BCUT2D eigenvalue weighted by atomic mass is 9.67. The molecular formula is C27H24N2O2. The highest BCUT2D eigenvalue weighted by Gasteiger charge is 2.46. The van der Waals surface area contributed by atoms with E-state index in [0.717, 1.165) is 11.1 Å². The molecule has 0 amide bonds. The van der Waals surface area contributed by atoms with Gasteiger partial charge in [-0.25, -0.2) is 0 Å². The number of ether oxygens (including phenoxy) is 2. The van der Waals surface area contributed by atoms with Crippen LogP contribution in [0, 0.1) is 0 Å². The van der Waals surface area contributed by atoms with Crippen molar-refractivity contribution < 1.29 is 9.47 Å². The van der Waals surface area contributed by atoms with Gasteiger partial charge in [0.1, 0.15) is 11.5 Å². The third-order valence-electron chi connectivity index (χ3n) is 6.28. The molecule has 4 N–H and O–H groups in total. The van der Waals surface area contributed by atoms with Crippen LogP contribution in [-0.2, 0) is 5.41 Å². The molecule has 4 nitrogen and oxygen atoms in total. The minimum absolute atomic E-state index is 0.562. The molecule has 0 aliphatic heterocycles. The molecule has 4 aromatic rings. The summed E-state index contributed by atoms with van der Waals surface area (Å²) in [7, 11) is 3.26. The standard InChI is InChI=1S/C27H24N2O2/c1-30-25-13-11-17(15-23(25)28)27(18-12-14-26(31-2)24(29)16-18)21-9-5-3-7-19(21)20-8-4-6-10-22(20)27/h3-16H,28-29H2,1-2H3. The molecule has 0 bridgehead atoms. The first-order chi connectivity index (χ1) is 15.1. The number of nitrogens with two attached hydrogens (primary N) is 2. The van der Waals surface area contributed by atoms with Crippen molar-refractivity contribution in [1.29, 1.82) is 0 Å². The second-order valence-corrected chi connectivity index (χ2v) is 7.75. The van der Waals surface area contributed by atoms with E-state index in [9.17, 15) is 0 Å². The van der Waals surface area contributed by atoms with E-state index < -0.39 is 5.41 Å². The Morgan fingerprint density at radius 1 is 0.581 bits per heavy atom. The number of hydrogen-bond acceptors (Lipinski definition) is 4. The highest BCUT2D eigenvalue weighted by atomic mass is 16.5. The van der Waals surface area contributed by atoms with Crippen LogP contribution in [-0.4, -0.2) is 14.2 Å². The lowest BCUT2D eigenvalue weighted by Gasteiger charge is -2.34. The van der Waals surface area contributed by atoms with Gasteiger partial charge in [0.25, 0.3) is 0 Å². The van der Waals surface area contributed by atoms with Gasteiger partial charge in [0.15, 0.2) is 0 Å². The predicted molar refractivity (Wildman–Crippen MR) is 126 cm³/mol. The fourth-order valence-electron chi connectivity index (χ4n) is 4.96. The summed E-state index contributed by atoms with van der Waals surface area (Å²) in [6.07, 6.45) is 0. The lowest BCUT2D eigenvalue weighted by molar-refractivity contribution is 0.416. The molecule has 0 saturated heterocycles. The third kappa shape index (κ3) is 2.61. The quantitative estimate of drug-likeness (QED) is 0.400. The second kappa shape index (κ2) is 7.10. The zero-order valence-electron chi connectivity index (χ0n) is 17.6. The van der Waals surface area contributed by atoms with E-state index in [4.69, 9.17) is 20.9 Å². The summed E-state index contributed by atoms with van der Waals surface area (Å²) in [5.74, 6) is 1.32. The van der Waals surface area contributed by atoms with Crippen molar-refractivity contribution in [3.05, 3.63) is 107 Å². The number of rotatable bonds is 4. The Labute approximate surface area is 182 Å². The lowest BCUT2D eigenvalue weighted by Crippen LogP contribution is -2.29. The second-order valence-electron chi connectivity index (χ2n) is 7.75. The van der Waals surface area contributed by atoms with Gasteiger partial charge in [-0.1, -0.05) is 60.7 Å². The summed E-state index contributed by atoms with van der Waals surface area (Å²) in [5, 5.41) is 0. The predicted octanol–water partition coefficient (Wildman–Crippen LogP) is 5.23. The van der Waals surface area contributed by atoms with Gasteiger partial charge >= 0.3 is 0 Å². The summed E-state index contributed by atoms with van der Waals surface area (Å²) in [4.78, 5) is 0. The molecule has 4 heteroatoms. The first kappa shape index (κ1) is 19.1. The Bertz CT molecular complexity index is 1200. The van der Waals surface area contributed by atoms with Gasteiger partial charge in [-0.2, -0.15) is 0 Å². The average Bonchev–Trinajstić information content (AvgIpc) is 3.10. The molecule has 0 unspecified atom stereocenters. The van der Waals surface area contributed by atoms with Crippen molar-refractivity contribution >= 4 is 11.4 Å². The fraction of sp³-hybridized carbons (Fsp3) is 0.111. The largest absolute Gasteiger partial charge is 0.495 e. The Kier molecular flexibility index (Phi) is 4.36. The maximum absolute atomic E-state index is 6.38. The average molecular weight is 409 g/mol. The summed E-state index contributed by atoms with van der Waals surface area (Å²) in [6.45, 7) is 0. The van der Waals surface area contributed by atoms with Gasteiger partial charge in [-0.05, 0) is 57.6 Å². The van der Waals surface area contributed by atoms with E-state index in [1.807, 2.05) is 24.3 Å². The van der Waals surface area contributed by atoms with Crippen LogP contribution in [0.5, 0.6) is 11.5 Å². The monoisotopic (exact) mass is 408 g/mol. The van der Waals surface area contributed by atoms with E-state index in [0.29, 0.717) is 22.9 Å². The molecule has 0 radical (unpaired) electrons. The normalized spacial score (nSPS) is 13.4. The number of nitrogen functional groups attached to an aromatic ring is 2. The maximum atomic E-state index is 6.38. The molecule has 154 valence electrons. The Morgan fingerprint density at radius 2 is 1.00 bits per heavy atom. The molecule has 0 fully saturated rings. The first-order valence-electron chi connectivity index (χ1n) is 10.2. The first-order valence-corrected chi connectivity index (χ1v) is 10.2. The molecule has 1 aliphatic carbocycles. The van der Waals surface area contributed by atoms with Crippen LogP contribution in [0.1, 0.15) is 22.3 Å². The number of anilines is 2. The minimum Gasteiger partial charge on any atom is -0.495 e. The molecule has 0 aromatic heterocycles. The van der Waals surface area contributed by atoms with Crippen LogP contribution >= 0.6 is 0 Å². The summed E-state index contributed by atoms with van der Waals surface area (Å²) in [6, 6.07) is 29.1. The van der Waals surface area contributed by atoms with Gasteiger partial charge < -0.3 is 20.9 Å². The molecule has 0 atom stereocenters. The molecule has 4 aromatic carbocycles. The molecule has 0 heterocycles. The Hall–Kier alpha value is -3.92. The number of hydrogen-bond donors (Lipinski definition) is 2. The molecular weight excluding hydrogens is 384 g/mol. The van der Waals surface area contributed by atoms with Gasteiger partial charge in [-0.15, -0.1) is 0 Å². The van der Waals surface area contributed by atoms with Crippen molar-refractivity contribution in [2.45, 2.75) is 5.41 Å². The molecule has 1 aliphatic rings. The SMILES string of the molecule is COc1ccc(C2(c3ccc(OC)c(N)c3)c3ccccc3-c3ccccc32)cc1N. The number of fused-ring (bicyclic) bond motifs is 3. The summed E-state index contributed by atoms with van der Waals surface area (Å²) < 4.78 is 10.9. The van der Waals surface area contributed by atoms with Crippen molar-refractivity contribution in [2.24, 2.45) is 0 Å². The van der Waals surface area contributed by atoms with Crippen molar-refractivity contribution in [3.63, 3.8) is 0 Å². The van der Waals surface area contributed by atoms with E-state index in [-0.39, 0.29) is 0 Å². The van der Waals surface area contributed by atoms with E-state index in [1.54, 1.807) is 14.2 Å². The number of methoxy groups -OCH3 is 2. The van der Waals surface area contributed by atoms with Gasteiger partial charge in [-0.3, -0.25) is 0 Å². The van der Waals surface area contributed by atoms with E-state index >= 15 is 0 Å². The van der Waals surface area contributed by atoms with Gasteiger partial charge in [0.05, 0.1) is 31.0 Å². The van der Waals surface area contributed by atoms with Crippen LogP contribution in [0.4, 0.5) is 11.4 Å². The van der Waals surface area contributed by atoms with Crippen LogP contribution in [0.3, 0.4) is 0 Å². The van der Waals surface area contributed by atoms with Gasteiger partial charge in [0.2, 0.25) is 0 Å². The van der Waals surface area contributed by atoms with Crippen LogP contribution < -0.4 is 20.9 Å². The van der Waals surface area contributed by atoms with Crippen molar-refractivity contribution in [2.75, 3.05) is 25.7 Å². The molecule has 0 spiro atoms. The fourth-order valence-corrected chi connectivity index (χ4v) is 4.96. The zero-order chi connectivity index (χ0) is 21.6. The highest BCUT2D eigenvalue weighted by Crippen LogP contribution is 2.56. The van der Waals surface area contributed by atoms with Crippen LogP contribution in [0.2, 0.25) is 0 Å². The zero-order valence-corrected chi connectivity index (χ0v) is 17.6. The third-order valence-corrected chi connectivity index (χ3v) is 6.28. The van der Waals surface area contributed by atoms with Crippen LogP contribution in [0.25, 0.3) is 11.1 Å². The maximum Gasteiger partial charge on any atom is 0.141 e. The van der Waals surface area contributed by atoms with Crippen LogP contribution in [0.15, 0.2) is 84.9 Å². The van der Waals surface area contributed by atoms with Gasteiger partial charge in [0, 0.05) is 0 Å². The minimum atomic E-state index is -0.562. The smallest absolute Gasteiger partial charge is 0.141 e. The molecule has 0 saturated carbocycles. The Morgan fingerprint density at radius 3 is 1.39 bits per heavy atom. The summed E-state index contributed by atoms with van der Waals surface area (Å²) >= 11 is 0. The number of benzene rings is 4. The topological polar surface area (TPSA) is 70.5 Å².